The van der Waals surface area contributed by atoms with E-state index >= 15 is 0 Å². The summed E-state index contributed by atoms with van der Waals surface area (Å²) in [4.78, 5) is 0. The van der Waals surface area contributed by atoms with Crippen molar-refractivity contribution in [1.82, 2.24) is 0 Å². The average molecular weight is 233 g/mol. The fourth-order valence-corrected chi connectivity index (χ4v) is 0.903. The molecule has 0 fully saturated rings. The van der Waals surface area contributed by atoms with Crippen molar-refractivity contribution in [3.8, 4) is 0 Å². The van der Waals surface area contributed by atoms with Crippen molar-refractivity contribution in [3.05, 3.63) is 6.42 Å². The summed E-state index contributed by atoms with van der Waals surface area (Å²) in [5.74, 6) is 0. The lowest BCUT2D eigenvalue weighted by Crippen LogP contribution is -2.10. The molecule has 0 aromatic rings. The van der Waals surface area contributed by atoms with Crippen LogP contribution in [0.3, 0.4) is 0 Å². The van der Waals surface area contributed by atoms with Crippen LogP contribution in [0.25, 0.3) is 0 Å². The Kier molecular flexibility index (Phi) is 6.50. The molecule has 0 bridgehead atoms. The van der Waals surface area contributed by atoms with Crippen LogP contribution in [0.15, 0.2) is 0 Å². The van der Waals surface area contributed by atoms with Crippen LogP contribution in [0.5, 0.6) is 0 Å². The van der Waals surface area contributed by atoms with E-state index in [0.29, 0.717) is 0 Å². The van der Waals surface area contributed by atoms with Crippen molar-refractivity contribution in [2.24, 2.45) is 0 Å². The molecule has 0 aliphatic heterocycles. The van der Waals surface area contributed by atoms with Gasteiger partial charge in [-0.1, -0.05) is 15.9 Å². The Bertz CT molecular complexity index is 66.1. The highest BCUT2D eigenvalue weighted by Gasteiger charge is 2.09. The molecule has 0 aromatic carbocycles. The second-order valence-electron chi connectivity index (χ2n) is 1.87. The molecular formula is C6H10BrCl2. The van der Waals surface area contributed by atoms with Crippen LogP contribution in [0, 0.1) is 6.42 Å². The first-order valence-corrected chi connectivity index (χ1v) is 4.83. The number of hydrogen-bond acceptors (Lipinski definition) is 0. The third-order valence-corrected chi connectivity index (χ3v) is 2.45. The van der Waals surface area contributed by atoms with Crippen molar-refractivity contribution >= 4 is 39.1 Å². The SMILES string of the molecule is CC(Cl)C(Cl)C[CH]CBr. The number of hydrogen-bond donors (Lipinski definition) is 0. The molecule has 0 saturated carbocycles. The molecule has 2 unspecified atom stereocenters. The molecule has 0 spiro atoms. The van der Waals surface area contributed by atoms with Gasteiger partial charge in [0.15, 0.2) is 0 Å². The van der Waals surface area contributed by atoms with E-state index in [-0.39, 0.29) is 10.8 Å². The van der Waals surface area contributed by atoms with Gasteiger partial charge < -0.3 is 0 Å². The Hall–Kier alpha value is 1.06. The Morgan fingerprint density at radius 1 is 1.56 bits per heavy atom. The minimum atomic E-state index is 0.0574. The van der Waals surface area contributed by atoms with E-state index in [1.165, 1.54) is 0 Å². The first-order valence-electron chi connectivity index (χ1n) is 2.84. The van der Waals surface area contributed by atoms with Gasteiger partial charge in [0.1, 0.15) is 0 Å². The molecule has 0 rings (SSSR count). The highest BCUT2D eigenvalue weighted by Crippen LogP contribution is 2.14. The summed E-state index contributed by atoms with van der Waals surface area (Å²) in [6.45, 7) is 1.90. The molecule has 0 saturated heterocycles. The molecule has 0 N–H and O–H groups in total. The van der Waals surface area contributed by atoms with Gasteiger partial charge in [-0.25, -0.2) is 0 Å². The second-order valence-corrected chi connectivity index (χ2v) is 3.77. The molecule has 0 amide bonds. The van der Waals surface area contributed by atoms with Gasteiger partial charge in [0.2, 0.25) is 0 Å². The van der Waals surface area contributed by atoms with Crippen LogP contribution in [-0.4, -0.2) is 16.1 Å². The summed E-state index contributed by atoms with van der Waals surface area (Å²) in [5, 5.41) is 1.02. The largest absolute Gasteiger partial charge is 0.122 e. The molecule has 3 heteroatoms. The van der Waals surface area contributed by atoms with Crippen molar-refractivity contribution in [3.63, 3.8) is 0 Å². The maximum absolute atomic E-state index is 5.81. The molecule has 0 aromatic heterocycles. The quantitative estimate of drug-likeness (QED) is 0.654. The molecule has 2 atom stereocenters. The van der Waals surface area contributed by atoms with Gasteiger partial charge >= 0.3 is 0 Å². The third-order valence-electron chi connectivity index (χ3n) is 0.999. The molecule has 0 aliphatic rings. The maximum Gasteiger partial charge on any atom is 0.0500 e. The summed E-state index contributed by atoms with van der Waals surface area (Å²) in [6.07, 6.45) is 2.94. The van der Waals surface area contributed by atoms with Crippen molar-refractivity contribution in [1.29, 1.82) is 0 Å². The van der Waals surface area contributed by atoms with E-state index in [0.717, 1.165) is 11.8 Å². The van der Waals surface area contributed by atoms with Crippen LogP contribution in [-0.2, 0) is 0 Å². The van der Waals surface area contributed by atoms with Crippen molar-refractivity contribution in [2.75, 3.05) is 5.33 Å². The Labute approximate surface area is 75.0 Å². The highest BCUT2D eigenvalue weighted by atomic mass is 79.9. The Morgan fingerprint density at radius 3 is 2.44 bits per heavy atom. The monoisotopic (exact) mass is 231 g/mol. The third kappa shape index (κ3) is 5.50. The summed E-state index contributed by atoms with van der Waals surface area (Å²) < 4.78 is 0. The van der Waals surface area contributed by atoms with Crippen LogP contribution in [0.2, 0.25) is 0 Å². The van der Waals surface area contributed by atoms with E-state index in [1.54, 1.807) is 0 Å². The molecule has 55 valence electrons. The zero-order valence-electron chi connectivity index (χ0n) is 5.28. The van der Waals surface area contributed by atoms with Gasteiger partial charge in [0.25, 0.3) is 0 Å². The summed E-state index contributed by atoms with van der Waals surface area (Å²) in [7, 11) is 0. The van der Waals surface area contributed by atoms with Crippen LogP contribution in [0.1, 0.15) is 13.3 Å². The lowest BCUT2D eigenvalue weighted by Gasteiger charge is -2.08. The second kappa shape index (κ2) is 5.82. The van der Waals surface area contributed by atoms with Gasteiger partial charge in [0, 0.05) is 16.1 Å². The Balaban J connectivity index is 3.16. The fourth-order valence-electron chi connectivity index (χ4n) is 0.410. The lowest BCUT2D eigenvalue weighted by molar-refractivity contribution is 0.804. The first kappa shape index (κ1) is 10.1. The van der Waals surface area contributed by atoms with Gasteiger partial charge in [-0.3, -0.25) is 0 Å². The molecule has 0 heterocycles. The molecular weight excluding hydrogens is 223 g/mol. The number of halogens is 3. The predicted octanol–water partition coefficient (Wildman–Crippen LogP) is 3.21. The van der Waals surface area contributed by atoms with E-state index in [2.05, 4.69) is 22.4 Å². The van der Waals surface area contributed by atoms with Gasteiger partial charge in [-0.15, -0.1) is 23.2 Å². The lowest BCUT2D eigenvalue weighted by atomic mass is 10.2. The van der Waals surface area contributed by atoms with Gasteiger partial charge in [-0.2, -0.15) is 0 Å². The maximum atomic E-state index is 5.81. The van der Waals surface area contributed by atoms with Crippen molar-refractivity contribution < 1.29 is 0 Å². The first-order chi connectivity index (χ1) is 4.18. The fraction of sp³-hybridized carbons (Fsp3) is 0.833. The van der Waals surface area contributed by atoms with Crippen LogP contribution in [0.4, 0.5) is 0 Å². The van der Waals surface area contributed by atoms with Crippen LogP contribution >= 0.6 is 39.1 Å². The number of alkyl halides is 3. The smallest absolute Gasteiger partial charge is 0.0500 e. The zero-order chi connectivity index (χ0) is 7.28. The number of rotatable bonds is 4. The standard InChI is InChI=1S/C6H10BrCl2/c1-5(8)6(9)3-2-4-7/h2,5-6H,3-4H2,1H3. The minimum Gasteiger partial charge on any atom is -0.122 e. The summed E-state index contributed by atoms with van der Waals surface area (Å²) in [5.41, 5.74) is 0. The average Bonchev–Trinajstić information content (AvgIpc) is 1.82. The van der Waals surface area contributed by atoms with E-state index < -0.39 is 0 Å². The molecule has 0 nitrogen and oxygen atoms in total. The summed E-state index contributed by atoms with van der Waals surface area (Å²) in [6, 6.07) is 0. The predicted molar refractivity (Wildman–Crippen MR) is 47.7 cm³/mol. The molecule has 1 radical (unpaired) electrons. The molecule has 0 aliphatic carbocycles. The zero-order valence-corrected chi connectivity index (χ0v) is 8.38. The van der Waals surface area contributed by atoms with E-state index in [4.69, 9.17) is 23.2 Å². The Morgan fingerprint density at radius 2 is 2.11 bits per heavy atom. The van der Waals surface area contributed by atoms with E-state index in [1.807, 2.05) is 6.92 Å². The van der Waals surface area contributed by atoms with Crippen LogP contribution < -0.4 is 0 Å². The van der Waals surface area contributed by atoms with E-state index in [9.17, 15) is 0 Å². The van der Waals surface area contributed by atoms with Gasteiger partial charge in [0.05, 0.1) is 0 Å². The molecule has 9 heavy (non-hydrogen) atoms. The topological polar surface area (TPSA) is 0 Å². The summed E-state index contributed by atoms with van der Waals surface area (Å²) >= 11 is 14.8. The normalized spacial score (nSPS) is 17.3. The van der Waals surface area contributed by atoms with Gasteiger partial charge in [-0.05, 0) is 19.8 Å². The van der Waals surface area contributed by atoms with Crippen molar-refractivity contribution in [2.45, 2.75) is 24.1 Å². The highest BCUT2D eigenvalue weighted by molar-refractivity contribution is 9.09. The minimum absolute atomic E-state index is 0.0574.